The molecule has 20 heavy (non-hydrogen) atoms. The molecule has 5 nitrogen and oxygen atoms in total. The van der Waals surface area contributed by atoms with E-state index in [1.54, 1.807) is 30.3 Å². The summed E-state index contributed by atoms with van der Waals surface area (Å²) in [6.07, 6.45) is 0. The third-order valence-electron chi connectivity index (χ3n) is 2.61. The maximum atomic E-state index is 11.3. The molecule has 0 aliphatic carbocycles. The lowest BCUT2D eigenvalue weighted by atomic mass is 9.98. The number of hydrogen-bond donors (Lipinski definition) is 3. The fraction of sp³-hybridized carbons (Fsp3) is 0. The lowest BCUT2D eigenvalue weighted by Gasteiger charge is -2.13. The number of rotatable bonds is 4. The number of halogens is 1. The second-order valence-corrected chi connectivity index (χ2v) is 5.09. The van der Waals surface area contributed by atoms with Gasteiger partial charge in [0.15, 0.2) is 0 Å². The number of hydrogen-bond acceptors (Lipinski definition) is 3. The topological polar surface area (TPSA) is 83.5 Å². The fourth-order valence-electron chi connectivity index (χ4n) is 1.88. The molecule has 0 saturated heterocycles. The molecule has 2 N–H and O–H groups in total. The SMILES string of the molecule is O=C(O)c1cc(Cl)cc(N[SH](=O)=O)c1-c1ccccc1. The van der Waals surface area contributed by atoms with Crippen LogP contribution in [0, 0.1) is 0 Å². The van der Waals surface area contributed by atoms with Crippen LogP contribution in [0.15, 0.2) is 42.5 Å². The van der Waals surface area contributed by atoms with Crippen molar-refractivity contribution in [2.45, 2.75) is 0 Å². The summed E-state index contributed by atoms with van der Waals surface area (Å²) < 4.78 is 24.0. The molecular formula is C13H10ClNO4S. The van der Waals surface area contributed by atoms with E-state index in [1.165, 1.54) is 12.1 Å². The maximum Gasteiger partial charge on any atom is 0.336 e. The van der Waals surface area contributed by atoms with Gasteiger partial charge in [-0.1, -0.05) is 41.9 Å². The molecular weight excluding hydrogens is 302 g/mol. The van der Waals surface area contributed by atoms with Gasteiger partial charge in [-0.2, -0.15) is 0 Å². The van der Waals surface area contributed by atoms with Gasteiger partial charge in [-0.15, -0.1) is 0 Å². The molecule has 104 valence electrons. The van der Waals surface area contributed by atoms with Gasteiger partial charge in [-0.3, -0.25) is 4.72 Å². The number of carbonyl (C=O) groups is 1. The van der Waals surface area contributed by atoms with E-state index < -0.39 is 16.9 Å². The summed E-state index contributed by atoms with van der Waals surface area (Å²) in [5, 5.41) is 9.41. The molecule has 0 atom stereocenters. The molecule has 0 aromatic heterocycles. The van der Waals surface area contributed by atoms with Gasteiger partial charge in [-0.25, -0.2) is 13.2 Å². The van der Waals surface area contributed by atoms with E-state index in [1.807, 2.05) is 0 Å². The summed E-state index contributed by atoms with van der Waals surface area (Å²) in [4.78, 5) is 11.3. The van der Waals surface area contributed by atoms with Crippen LogP contribution in [0.3, 0.4) is 0 Å². The summed E-state index contributed by atoms with van der Waals surface area (Å²) in [6, 6.07) is 11.3. The summed E-state index contributed by atoms with van der Waals surface area (Å²) in [5.41, 5.74) is 0.933. The highest BCUT2D eigenvalue weighted by Gasteiger charge is 2.17. The Hall–Kier alpha value is -2.05. The Balaban J connectivity index is 2.76. The van der Waals surface area contributed by atoms with Gasteiger partial charge < -0.3 is 5.11 Å². The zero-order valence-corrected chi connectivity index (χ0v) is 11.7. The molecule has 7 heteroatoms. The van der Waals surface area contributed by atoms with Crippen molar-refractivity contribution in [2.75, 3.05) is 4.72 Å². The van der Waals surface area contributed by atoms with Gasteiger partial charge in [0.05, 0.1) is 11.3 Å². The van der Waals surface area contributed by atoms with E-state index in [0.29, 0.717) is 5.56 Å². The molecule has 0 fully saturated rings. The number of benzene rings is 2. The molecule has 0 aliphatic rings. The zero-order valence-electron chi connectivity index (χ0n) is 10.0. The number of thiol groups is 1. The second-order valence-electron chi connectivity index (χ2n) is 3.92. The van der Waals surface area contributed by atoms with E-state index in [0.717, 1.165) is 0 Å². The van der Waals surface area contributed by atoms with Crippen molar-refractivity contribution in [2.24, 2.45) is 0 Å². The summed E-state index contributed by atoms with van der Waals surface area (Å²) in [5.74, 6) is -1.18. The first kappa shape index (κ1) is 14.4. The zero-order chi connectivity index (χ0) is 14.7. The standard InChI is InChI=1S/C13H10ClNO4S/c14-9-6-10(13(16)17)12(8-4-2-1-3-5-8)11(7-9)15-20(18)19/h1-7,20H,(H,16,17)(H,15,18,19). The van der Waals surface area contributed by atoms with Crippen LogP contribution in [-0.2, 0) is 10.9 Å². The normalized spacial score (nSPS) is 10.5. The Morgan fingerprint density at radius 2 is 1.80 bits per heavy atom. The average molecular weight is 312 g/mol. The third-order valence-corrected chi connectivity index (χ3v) is 3.25. The molecule has 0 spiro atoms. The molecule has 0 radical (unpaired) electrons. The predicted octanol–water partition coefficient (Wildman–Crippen LogP) is 2.64. The fourth-order valence-corrected chi connectivity index (χ4v) is 2.47. The maximum absolute atomic E-state index is 11.3. The highest BCUT2D eigenvalue weighted by molar-refractivity contribution is 7.73. The number of nitrogens with one attached hydrogen (secondary N) is 1. The molecule has 2 aromatic rings. The van der Waals surface area contributed by atoms with Crippen molar-refractivity contribution in [3.05, 3.63) is 53.1 Å². The number of carboxylic acid groups (broad SMARTS) is 1. The minimum absolute atomic E-state index is 0.0666. The van der Waals surface area contributed by atoms with Gasteiger partial charge in [0, 0.05) is 10.6 Å². The van der Waals surface area contributed by atoms with Crippen molar-refractivity contribution >= 4 is 34.1 Å². The highest BCUT2D eigenvalue weighted by atomic mass is 35.5. The van der Waals surface area contributed by atoms with Crippen LogP contribution in [0.2, 0.25) is 5.02 Å². The summed E-state index contributed by atoms with van der Waals surface area (Å²) in [7, 11) is -2.93. The molecule has 0 aliphatic heterocycles. The number of carboxylic acids is 1. The Morgan fingerprint density at radius 3 is 2.35 bits per heavy atom. The van der Waals surface area contributed by atoms with Gasteiger partial charge in [-0.05, 0) is 17.7 Å². The molecule has 0 heterocycles. The van der Waals surface area contributed by atoms with Crippen molar-refractivity contribution < 1.29 is 18.3 Å². The number of aromatic carboxylic acids is 1. The quantitative estimate of drug-likeness (QED) is 0.758. The van der Waals surface area contributed by atoms with Crippen LogP contribution >= 0.6 is 11.6 Å². The summed E-state index contributed by atoms with van der Waals surface area (Å²) >= 11 is 5.84. The molecule has 0 unspecified atom stereocenters. The third kappa shape index (κ3) is 3.09. The molecule has 2 aromatic carbocycles. The first-order valence-corrected chi connectivity index (χ1v) is 7.08. The Morgan fingerprint density at radius 1 is 1.15 bits per heavy atom. The smallest absolute Gasteiger partial charge is 0.336 e. The van der Waals surface area contributed by atoms with Crippen LogP contribution in [-0.4, -0.2) is 19.5 Å². The molecule has 0 saturated carbocycles. The summed E-state index contributed by atoms with van der Waals surface area (Å²) in [6.45, 7) is 0. The van der Waals surface area contributed by atoms with Gasteiger partial charge >= 0.3 is 5.97 Å². The average Bonchev–Trinajstić information content (AvgIpc) is 2.38. The van der Waals surface area contributed by atoms with Gasteiger partial charge in [0.2, 0.25) is 10.9 Å². The first-order valence-electron chi connectivity index (χ1n) is 5.52. The monoisotopic (exact) mass is 311 g/mol. The Labute approximate surface area is 121 Å². The lowest BCUT2D eigenvalue weighted by Crippen LogP contribution is -2.05. The van der Waals surface area contributed by atoms with Crippen molar-refractivity contribution in [1.29, 1.82) is 0 Å². The minimum Gasteiger partial charge on any atom is -0.478 e. The molecule has 0 amide bonds. The van der Waals surface area contributed by atoms with Crippen LogP contribution < -0.4 is 4.72 Å². The highest BCUT2D eigenvalue weighted by Crippen LogP contribution is 2.34. The van der Waals surface area contributed by atoms with E-state index in [-0.39, 0.29) is 21.8 Å². The predicted molar refractivity (Wildman–Crippen MR) is 77.8 cm³/mol. The Bertz CT molecular complexity index is 721. The molecule has 0 bridgehead atoms. The van der Waals surface area contributed by atoms with E-state index in [4.69, 9.17) is 11.6 Å². The lowest BCUT2D eigenvalue weighted by molar-refractivity contribution is 0.0697. The van der Waals surface area contributed by atoms with E-state index in [9.17, 15) is 18.3 Å². The minimum atomic E-state index is -2.93. The van der Waals surface area contributed by atoms with Gasteiger partial charge in [0.25, 0.3) is 0 Å². The van der Waals surface area contributed by atoms with E-state index in [2.05, 4.69) is 4.72 Å². The van der Waals surface area contributed by atoms with Crippen LogP contribution in [0.1, 0.15) is 10.4 Å². The van der Waals surface area contributed by atoms with E-state index >= 15 is 0 Å². The van der Waals surface area contributed by atoms with Crippen LogP contribution in [0.25, 0.3) is 11.1 Å². The van der Waals surface area contributed by atoms with Crippen LogP contribution in [0.5, 0.6) is 0 Å². The van der Waals surface area contributed by atoms with Gasteiger partial charge in [0.1, 0.15) is 0 Å². The second kappa shape index (κ2) is 5.94. The molecule has 2 rings (SSSR count). The van der Waals surface area contributed by atoms with Crippen molar-refractivity contribution in [3.63, 3.8) is 0 Å². The number of anilines is 1. The van der Waals surface area contributed by atoms with Crippen LogP contribution in [0.4, 0.5) is 5.69 Å². The first-order chi connectivity index (χ1) is 9.49. The largest absolute Gasteiger partial charge is 0.478 e. The van der Waals surface area contributed by atoms with Crippen molar-refractivity contribution in [3.8, 4) is 11.1 Å². The Kier molecular flexibility index (Phi) is 4.26. The van der Waals surface area contributed by atoms with Crippen molar-refractivity contribution in [1.82, 2.24) is 0 Å².